The highest BCUT2D eigenvalue weighted by Crippen LogP contribution is 2.09. The molecule has 2 rings (SSSR count). The molecule has 1 N–H and O–H groups in total. The molecule has 0 aromatic carbocycles. The average molecular weight is 245 g/mol. The van der Waals surface area contributed by atoms with Gasteiger partial charge in [-0.3, -0.25) is 4.90 Å². The molecule has 0 saturated carbocycles. The monoisotopic (exact) mass is 245 g/mol. The number of likely N-dealkylation sites (N-methyl/N-ethyl adjacent to an activating group) is 2. The first-order chi connectivity index (χ1) is 8.69. The molecule has 1 unspecified atom stereocenters. The fourth-order valence-electron chi connectivity index (χ4n) is 2.12. The zero-order chi connectivity index (χ0) is 13.0. The van der Waals surface area contributed by atoms with Gasteiger partial charge in [0.2, 0.25) is 0 Å². The first-order valence-electron chi connectivity index (χ1n) is 6.18. The van der Waals surface area contributed by atoms with E-state index in [-0.39, 0.29) is 0 Å². The van der Waals surface area contributed by atoms with E-state index in [1.807, 2.05) is 12.1 Å². The van der Waals surface area contributed by atoms with Crippen LogP contribution < -0.4 is 5.32 Å². The molecule has 2 heterocycles. The molecule has 1 saturated heterocycles. The van der Waals surface area contributed by atoms with Crippen LogP contribution in [-0.4, -0.2) is 61.1 Å². The van der Waals surface area contributed by atoms with Crippen LogP contribution in [0.25, 0.3) is 0 Å². The number of nitrogens with zero attached hydrogens (tertiary/aromatic N) is 4. The number of anilines is 1. The van der Waals surface area contributed by atoms with Gasteiger partial charge in [0.15, 0.2) is 0 Å². The summed E-state index contributed by atoms with van der Waals surface area (Å²) < 4.78 is 0. The Morgan fingerprint density at radius 3 is 2.94 bits per heavy atom. The fraction of sp³-hybridized carbons (Fsp3) is 0.538. The number of hydrogen-bond donors (Lipinski definition) is 1. The van der Waals surface area contributed by atoms with E-state index in [1.165, 1.54) is 0 Å². The van der Waals surface area contributed by atoms with E-state index in [0.717, 1.165) is 31.9 Å². The minimum Gasteiger partial charge on any atom is -0.382 e. The highest BCUT2D eigenvalue weighted by atomic mass is 15.3. The number of nitrogens with one attached hydrogen (secondary N) is 1. The third-order valence-electron chi connectivity index (χ3n) is 3.40. The lowest BCUT2D eigenvalue weighted by Gasteiger charge is -2.37. The molecule has 0 aliphatic carbocycles. The van der Waals surface area contributed by atoms with E-state index in [4.69, 9.17) is 5.26 Å². The van der Waals surface area contributed by atoms with Crippen molar-refractivity contribution in [2.24, 2.45) is 0 Å². The van der Waals surface area contributed by atoms with Crippen molar-refractivity contribution in [2.45, 2.75) is 6.04 Å². The van der Waals surface area contributed by atoms with Crippen molar-refractivity contribution in [2.75, 3.05) is 45.6 Å². The minimum absolute atomic E-state index is 0.454. The lowest BCUT2D eigenvalue weighted by molar-refractivity contribution is 0.122. The molecule has 0 bridgehead atoms. The average Bonchev–Trinajstić information content (AvgIpc) is 2.40. The van der Waals surface area contributed by atoms with Crippen molar-refractivity contribution >= 4 is 5.69 Å². The Labute approximate surface area is 108 Å². The molecule has 5 heteroatoms. The lowest BCUT2D eigenvalue weighted by atomic mass is 10.2. The van der Waals surface area contributed by atoms with Crippen molar-refractivity contribution in [1.29, 1.82) is 5.26 Å². The standard InChI is InChI=1S/C13H19N5/c1-17-5-6-18(2)13(10-17)9-16-12-4-3-11(7-14)15-8-12/h3-4,8,13,16H,5-6,9-10H2,1-2H3. The smallest absolute Gasteiger partial charge is 0.140 e. The lowest BCUT2D eigenvalue weighted by Crippen LogP contribution is -2.52. The van der Waals surface area contributed by atoms with Crippen molar-refractivity contribution < 1.29 is 0 Å². The summed E-state index contributed by atoms with van der Waals surface area (Å²) in [7, 11) is 4.32. The van der Waals surface area contributed by atoms with Gasteiger partial charge < -0.3 is 10.2 Å². The largest absolute Gasteiger partial charge is 0.382 e. The van der Waals surface area contributed by atoms with Crippen LogP contribution in [0.1, 0.15) is 5.69 Å². The quantitative estimate of drug-likeness (QED) is 0.845. The van der Waals surface area contributed by atoms with Gasteiger partial charge in [-0.15, -0.1) is 0 Å². The second-order valence-corrected chi connectivity index (χ2v) is 4.82. The molecule has 1 aromatic heterocycles. The van der Waals surface area contributed by atoms with Gasteiger partial charge in [0.05, 0.1) is 11.9 Å². The van der Waals surface area contributed by atoms with E-state index in [1.54, 1.807) is 12.3 Å². The van der Waals surface area contributed by atoms with Gasteiger partial charge in [-0.1, -0.05) is 0 Å². The molecule has 1 aliphatic rings. The minimum atomic E-state index is 0.454. The Balaban J connectivity index is 1.88. The molecule has 1 aliphatic heterocycles. The number of pyridine rings is 1. The van der Waals surface area contributed by atoms with Gasteiger partial charge in [-0.05, 0) is 26.2 Å². The van der Waals surface area contributed by atoms with E-state index < -0.39 is 0 Å². The summed E-state index contributed by atoms with van der Waals surface area (Å²) in [5.74, 6) is 0. The first kappa shape index (κ1) is 12.8. The summed E-state index contributed by atoms with van der Waals surface area (Å²) in [5.41, 5.74) is 1.42. The highest BCUT2D eigenvalue weighted by molar-refractivity contribution is 5.42. The number of nitriles is 1. The Morgan fingerprint density at radius 1 is 1.44 bits per heavy atom. The van der Waals surface area contributed by atoms with Gasteiger partial charge in [-0.2, -0.15) is 5.26 Å². The van der Waals surface area contributed by atoms with Gasteiger partial charge >= 0.3 is 0 Å². The predicted molar refractivity (Wildman–Crippen MR) is 71.4 cm³/mol. The second-order valence-electron chi connectivity index (χ2n) is 4.82. The summed E-state index contributed by atoms with van der Waals surface area (Å²) >= 11 is 0. The zero-order valence-electron chi connectivity index (χ0n) is 10.9. The topological polar surface area (TPSA) is 55.2 Å². The Hall–Kier alpha value is -1.64. The van der Waals surface area contributed by atoms with Gasteiger partial charge in [0.25, 0.3) is 0 Å². The van der Waals surface area contributed by atoms with E-state index in [9.17, 15) is 0 Å². The van der Waals surface area contributed by atoms with Crippen LogP contribution in [-0.2, 0) is 0 Å². The second kappa shape index (κ2) is 5.80. The molecular weight excluding hydrogens is 226 g/mol. The normalized spacial score (nSPS) is 21.5. The van der Waals surface area contributed by atoms with Crippen LogP contribution in [0.15, 0.2) is 18.3 Å². The molecule has 1 aromatic rings. The van der Waals surface area contributed by atoms with Crippen molar-refractivity contribution in [3.8, 4) is 6.07 Å². The molecule has 1 fully saturated rings. The third-order valence-corrected chi connectivity index (χ3v) is 3.40. The highest BCUT2D eigenvalue weighted by Gasteiger charge is 2.21. The molecule has 5 nitrogen and oxygen atoms in total. The van der Waals surface area contributed by atoms with E-state index in [0.29, 0.717) is 11.7 Å². The van der Waals surface area contributed by atoms with Gasteiger partial charge in [0, 0.05) is 32.2 Å². The summed E-state index contributed by atoms with van der Waals surface area (Å²) in [6.45, 7) is 4.21. The summed E-state index contributed by atoms with van der Waals surface area (Å²) in [6.07, 6.45) is 1.71. The molecule has 1 atom stereocenters. The van der Waals surface area contributed by atoms with Crippen LogP contribution in [0, 0.1) is 11.3 Å². The van der Waals surface area contributed by atoms with E-state index in [2.05, 4.69) is 34.2 Å². The van der Waals surface area contributed by atoms with E-state index >= 15 is 0 Å². The molecule has 0 radical (unpaired) electrons. The maximum atomic E-state index is 8.68. The number of rotatable bonds is 3. The Bertz CT molecular complexity index is 422. The Kier molecular flexibility index (Phi) is 4.13. The number of piperazine rings is 1. The summed E-state index contributed by atoms with van der Waals surface area (Å²) in [6, 6.07) is 6.17. The molecule has 0 amide bonds. The molecular formula is C13H19N5. The van der Waals surface area contributed by atoms with Gasteiger partial charge in [0.1, 0.15) is 11.8 Å². The fourth-order valence-corrected chi connectivity index (χ4v) is 2.12. The number of aromatic nitrogens is 1. The Morgan fingerprint density at radius 2 is 2.28 bits per heavy atom. The van der Waals surface area contributed by atoms with Crippen LogP contribution in [0.3, 0.4) is 0 Å². The van der Waals surface area contributed by atoms with Crippen LogP contribution in [0.5, 0.6) is 0 Å². The van der Waals surface area contributed by atoms with Crippen molar-refractivity contribution in [1.82, 2.24) is 14.8 Å². The van der Waals surface area contributed by atoms with Crippen LogP contribution >= 0.6 is 0 Å². The summed E-state index contributed by atoms with van der Waals surface area (Å²) in [4.78, 5) is 8.78. The SMILES string of the molecule is CN1CCN(C)C(CNc2ccc(C#N)nc2)C1. The van der Waals surface area contributed by atoms with Crippen LogP contribution in [0.2, 0.25) is 0 Å². The first-order valence-corrected chi connectivity index (χ1v) is 6.18. The van der Waals surface area contributed by atoms with Crippen LogP contribution in [0.4, 0.5) is 5.69 Å². The molecule has 96 valence electrons. The third kappa shape index (κ3) is 3.19. The zero-order valence-corrected chi connectivity index (χ0v) is 10.9. The molecule has 0 spiro atoms. The predicted octanol–water partition coefficient (Wildman–Crippen LogP) is 0.611. The summed E-state index contributed by atoms with van der Waals surface area (Å²) in [5, 5.41) is 12.1. The maximum Gasteiger partial charge on any atom is 0.140 e. The molecule has 18 heavy (non-hydrogen) atoms. The maximum absolute atomic E-state index is 8.68. The number of hydrogen-bond acceptors (Lipinski definition) is 5. The van der Waals surface area contributed by atoms with Crippen molar-refractivity contribution in [3.63, 3.8) is 0 Å². The van der Waals surface area contributed by atoms with Gasteiger partial charge in [-0.25, -0.2) is 4.98 Å². The van der Waals surface area contributed by atoms with Crippen molar-refractivity contribution in [3.05, 3.63) is 24.0 Å².